The molecule has 1 aromatic rings. The second-order valence-corrected chi connectivity index (χ2v) is 5.07. The van der Waals surface area contributed by atoms with Gasteiger partial charge in [-0.2, -0.15) is 0 Å². The molecule has 1 aliphatic heterocycles. The summed E-state index contributed by atoms with van der Waals surface area (Å²) in [6, 6.07) is 4.21. The van der Waals surface area contributed by atoms with Crippen molar-refractivity contribution in [2.75, 3.05) is 31.7 Å². The van der Waals surface area contributed by atoms with Gasteiger partial charge in [0, 0.05) is 19.3 Å². The van der Waals surface area contributed by atoms with Gasteiger partial charge in [0.2, 0.25) is 0 Å². The second kappa shape index (κ2) is 5.02. The van der Waals surface area contributed by atoms with Gasteiger partial charge in [-0.25, -0.2) is 4.98 Å². The fraction of sp³-hybridized carbons (Fsp3) is 0.615. The topological polar surface area (TPSA) is 37.4 Å². The molecule has 17 heavy (non-hydrogen) atoms. The van der Waals surface area contributed by atoms with Crippen LogP contribution in [0.3, 0.4) is 0 Å². The molecule has 0 amide bonds. The number of nitrogens with zero attached hydrogens (tertiary/aromatic N) is 2. The zero-order valence-corrected chi connectivity index (χ0v) is 10.9. The van der Waals surface area contributed by atoms with Crippen LogP contribution in [0.15, 0.2) is 18.3 Å². The van der Waals surface area contributed by atoms with E-state index in [1.807, 2.05) is 19.3 Å². The Labute approximate surface area is 103 Å². The van der Waals surface area contributed by atoms with Crippen molar-refractivity contribution in [1.29, 1.82) is 0 Å². The molecule has 0 spiro atoms. The van der Waals surface area contributed by atoms with Crippen LogP contribution in [0.1, 0.15) is 19.4 Å². The minimum absolute atomic E-state index is 0.0174. The zero-order chi connectivity index (χ0) is 12.3. The van der Waals surface area contributed by atoms with E-state index in [-0.39, 0.29) is 5.54 Å². The maximum atomic E-state index is 5.53. The summed E-state index contributed by atoms with van der Waals surface area (Å²) in [4.78, 5) is 6.81. The lowest BCUT2D eigenvalue weighted by Gasteiger charge is -2.43. The van der Waals surface area contributed by atoms with Gasteiger partial charge in [-0.3, -0.25) is 0 Å². The molecule has 94 valence electrons. The number of nitrogens with one attached hydrogen (secondary N) is 1. The molecule has 0 aliphatic carbocycles. The Hall–Kier alpha value is -1.13. The van der Waals surface area contributed by atoms with E-state index in [0.29, 0.717) is 0 Å². The Bertz CT molecular complexity index is 379. The normalized spacial score (nSPS) is 19.4. The van der Waals surface area contributed by atoms with Crippen molar-refractivity contribution in [3.63, 3.8) is 0 Å². The summed E-state index contributed by atoms with van der Waals surface area (Å²) in [6.07, 6.45) is 1.88. The molecule has 1 aromatic heterocycles. The first-order chi connectivity index (χ1) is 8.13. The molecule has 0 radical (unpaired) electrons. The SMILES string of the molecule is CNCc1ccnc(N2CCOCC2(C)C)c1. The van der Waals surface area contributed by atoms with Gasteiger partial charge in [-0.1, -0.05) is 0 Å². The zero-order valence-electron chi connectivity index (χ0n) is 10.9. The predicted molar refractivity (Wildman–Crippen MR) is 69.2 cm³/mol. The van der Waals surface area contributed by atoms with Crippen LogP contribution in [0.4, 0.5) is 5.82 Å². The van der Waals surface area contributed by atoms with E-state index >= 15 is 0 Å². The van der Waals surface area contributed by atoms with Crippen molar-refractivity contribution in [3.8, 4) is 0 Å². The molecule has 4 nitrogen and oxygen atoms in total. The summed E-state index contributed by atoms with van der Waals surface area (Å²) in [5.74, 6) is 1.05. The third-order valence-corrected chi connectivity index (χ3v) is 3.11. The molecule has 4 heteroatoms. The fourth-order valence-electron chi connectivity index (χ4n) is 2.21. The first-order valence-electron chi connectivity index (χ1n) is 6.08. The van der Waals surface area contributed by atoms with Gasteiger partial charge in [-0.05, 0) is 38.6 Å². The second-order valence-electron chi connectivity index (χ2n) is 5.07. The first kappa shape index (κ1) is 12.3. The maximum absolute atomic E-state index is 5.53. The standard InChI is InChI=1S/C13H21N3O/c1-13(2)10-17-7-6-16(13)12-8-11(9-14-3)4-5-15-12/h4-5,8,14H,6-7,9-10H2,1-3H3. The molecule has 0 bridgehead atoms. The molecular formula is C13H21N3O. The third kappa shape index (κ3) is 2.76. The van der Waals surface area contributed by atoms with Crippen molar-refractivity contribution >= 4 is 5.82 Å². The number of rotatable bonds is 3. The quantitative estimate of drug-likeness (QED) is 0.859. The molecule has 1 saturated heterocycles. The van der Waals surface area contributed by atoms with Gasteiger partial charge >= 0.3 is 0 Å². The van der Waals surface area contributed by atoms with Crippen LogP contribution < -0.4 is 10.2 Å². The van der Waals surface area contributed by atoms with E-state index in [2.05, 4.69) is 35.1 Å². The van der Waals surface area contributed by atoms with Crippen LogP contribution in [0.5, 0.6) is 0 Å². The van der Waals surface area contributed by atoms with Gasteiger partial charge in [0.25, 0.3) is 0 Å². The highest BCUT2D eigenvalue weighted by Gasteiger charge is 2.31. The van der Waals surface area contributed by atoms with Crippen molar-refractivity contribution in [1.82, 2.24) is 10.3 Å². The Kier molecular flexibility index (Phi) is 3.64. The van der Waals surface area contributed by atoms with Gasteiger partial charge in [0.15, 0.2) is 0 Å². The molecule has 2 heterocycles. The molecule has 0 atom stereocenters. The lowest BCUT2D eigenvalue weighted by molar-refractivity contribution is 0.0639. The molecule has 0 aromatic carbocycles. The summed E-state index contributed by atoms with van der Waals surface area (Å²) < 4.78 is 5.53. The summed E-state index contributed by atoms with van der Waals surface area (Å²) >= 11 is 0. The van der Waals surface area contributed by atoms with Crippen LogP contribution in [0, 0.1) is 0 Å². The summed E-state index contributed by atoms with van der Waals surface area (Å²) in [6.45, 7) is 7.70. The molecular weight excluding hydrogens is 214 g/mol. The van der Waals surface area contributed by atoms with E-state index in [4.69, 9.17) is 4.74 Å². The first-order valence-corrected chi connectivity index (χ1v) is 6.08. The summed E-state index contributed by atoms with van der Waals surface area (Å²) in [5, 5.41) is 3.16. The lowest BCUT2D eigenvalue weighted by atomic mass is 10.0. The molecule has 0 saturated carbocycles. The molecule has 0 unspecified atom stereocenters. The van der Waals surface area contributed by atoms with Crippen molar-refractivity contribution in [2.45, 2.75) is 25.9 Å². The Balaban J connectivity index is 2.23. The van der Waals surface area contributed by atoms with Crippen molar-refractivity contribution in [3.05, 3.63) is 23.9 Å². The number of anilines is 1. The highest BCUT2D eigenvalue weighted by molar-refractivity contribution is 5.44. The van der Waals surface area contributed by atoms with Gasteiger partial charge in [0.1, 0.15) is 5.82 Å². The molecule has 1 N–H and O–H groups in total. The van der Waals surface area contributed by atoms with E-state index in [1.165, 1.54) is 5.56 Å². The number of ether oxygens (including phenoxy) is 1. The van der Waals surface area contributed by atoms with E-state index in [9.17, 15) is 0 Å². The average Bonchev–Trinajstić information content (AvgIpc) is 2.29. The molecule has 1 fully saturated rings. The molecule has 1 aliphatic rings. The van der Waals surface area contributed by atoms with Crippen LogP contribution in [0.2, 0.25) is 0 Å². The number of pyridine rings is 1. The minimum atomic E-state index is 0.0174. The largest absolute Gasteiger partial charge is 0.377 e. The average molecular weight is 235 g/mol. The summed E-state index contributed by atoms with van der Waals surface area (Å²) in [7, 11) is 1.96. The smallest absolute Gasteiger partial charge is 0.129 e. The van der Waals surface area contributed by atoms with E-state index < -0.39 is 0 Å². The van der Waals surface area contributed by atoms with Crippen LogP contribution in [-0.2, 0) is 11.3 Å². The van der Waals surface area contributed by atoms with Gasteiger partial charge in [0.05, 0.1) is 18.8 Å². The number of aromatic nitrogens is 1. The number of hydrogen-bond donors (Lipinski definition) is 1. The maximum Gasteiger partial charge on any atom is 0.129 e. The van der Waals surface area contributed by atoms with Gasteiger partial charge in [-0.15, -0.1) is 0 Å². The van der Waals surface area contributed by atoms with Gasteiger partial charge < -0.3 is 15.0 Å². The lowest BCUT2D eigenvalue weighted by Crippen LogP contribution is -2.53. The minimum Gasteiger partial charge on any atom is -0.377 e. The summed E-state index contributed by atoms with van der Waals surface area (Å²) in [5.41, 5.74) is 1.28. The van der Waals surface area contributed by atoms with Crippen LogP contribution in [-0.4, -0.2) is 37.3 Å². The number of hydrogen-bond acceptors (Lipinski definition) is 4. The van der Waals surface area contributed by atoms with Crippen molar-refractivity contribution < 1.29 is 4.74 Å². The van der Waals surface area contributed by atoms with E-state index in [0.717, 1.165) is 32.1 Å². The fourth-order valence-corrected chi connectivity index (χ4v) is 2.21. The van der Waals surface area contributed by atoms with E-state index in [1.54, 1.807) is 0 Å². The Morgan fingerprint density at radius 2 is 2.35 bits per heavy atom. The Morgan fingerprint density at radius 1 is 1.53 bits per heavy atom. The van der Waals surface area contributed by atoms with Crippen LogP contribution >= 0.6 is 0 Å². The van der Waals surface area contributed by atoms with Crippen molar-refractivity contribution in [2.24, 2.45) is 0 Å². The third-order valence-electron chi connectivity index (χ3n) is 3.11. The monoisotopic (exact) mass is 235 g/mol. The van der Waals surface area contributed by atoms with Crippen LogP contribution in [0.25, 0.3) is 0 Å². The molecule has 2 rings (SSSR count). The highest BCUT2D eigenvalue weighted by atomic mass is 16.5. The Morgan fingerprint density at radius 3 is 3.06 bits per heavy atom. The number of morpholine rings is 1. The highest BCUT2D eigenvalue weighted by Crippen LogP contribution is 2.25. The predicted octanol–water partition coefficient (Wildman–Crippen LogP) is 1.42.